The third kappa shape index (κ3) is 11.3. The lowest BCUT2D eigenvalue weighted by Gasteiger charge is -2.21. The highest BCUT2D eigenvalue weighted by Crippen LogP contribution is 2.46. The van der Waals surface area contributed by atoms with Crippen LogP contribution in [0.4, 0.5) is 0 Å². The molecule has 3 aromatic heterocycles. The van der Waals surface area contributed by atoms with Crippen LogP contribution in [-0.4, -0.2) is 64.4 Å². The van der Waals surface area contributed by atoms with Crippen molar-refractivity contribution in [3.05, 3.63) is 148 Å². The maximum Gasteiger partial charge on any atom is 0.280 e. The Morgan fingerprint density at radius 1 is 0.427 bits per heavy atom. The number of halogens is 6. The van der Waals surface area contributed by atoms with Gasteiger partial charge in [0.05, 0.1) is 48.8 Å². The lowest BCUT2D eigenvalue weighted by atomic mass is 9.85. The van der Waals surface area contributed by atoms with Crippen molar-refractivity contribution in [3.63, 3.8) is 0 Å². The highest BCUT2D eigenvalue weighted by atomic mass is 127. The molecule has 75 heavy (non-hydrogen) atoms. The molecule has 12 nitrogen and oxygen atoms in total. The molecule has 6 aliphatic rings. The molecule has 3 saturated carbocycles. The van der Waals surface area contributed by atoms with Gasteiger partial charge in [0.1, 0.15) is 28.5 Å². The molecule has 0 saturated heterocycles. The minimum atomic E-state index is -0.170. The minimum absolute atomic E-state index is 0.0271. The van der Waals surface area contributed by atoms with Crippen molar-refractivity contribution in [2.24, 2.45) is 17.8 Å². The molecule has 3 fully saturated rings. The molecule has 1 unspecified atom stereocenters. The standard InChI is InChI=1S/3C19H18ClIN2O2/c3*1-10(24)12-7-8-14-16(9-12)23(22-18(14)21)19(25)17-13(11-5-6-11)3-2-4-15(17)20/h3*2-4,11-12H,5-9H2,1H3/t2*12-;/m10./s1. The Labute approximate surface area is 491 Å². The Kier molecular flexibility index (Phi) is 16.5. The van der Waals surface area contributed by atoms with Gasteiger partial charge >= 0.3 is 0 Å². The third-order valence-electron chi connectivity index (χ3n) is 15.8. The van der Waals surface area contributed by atoms with E-state index in [9.17, 15) is 28.8 Å². The molecule has 12 rings (SSSR count). The first kappa shape index (κ1) is 54.7. The smallest absolute Gasteiger partial charge is 0.280 e. The topological polar surface area (TPSA) is 156 Å². The van der Waals surface area contributed by atoms with E-state index in [0.717, 1.165) is 139 Å². The second-order valence-electron chi connectivity index (χ2n) is 20.9. The van der Waals surface area contributed by atoms with Crippen molar-refractivity contribution in [3.8, 4) is 0 Å². The maximum atomic E-state index is 13.3. The van der Waals surface area contributed by atoms with Crippen molar-refractivity contribution in [1.82, 2.24) is 29.3 Å². The molecular formula is C57H54Cl3I3N6O6. The zero-order chi connectivity index (χ0) is 53.1. The van der Waals surface area contributed by atoms with Crippen LogP contribution in [0.15, 0.2) is 54.6 Å². The predicted molar refractivity (Wildman–Crippen MR) is 313 cm³/mol. The summed E-state index contributed by atoms with van der Waals surface area (Å²) in [6, 6.07) is 17.0. The molecule has 6 aromatic rings. The Morgan fingerprint density at radius 2 is 0.680 bits per heavy atom. The lowest BCUT2D eigenvalue weighted by Crippen LogP contribution is -2.25. The van der Waals surface area contributed by atoms with Crippen LogP contribution >= 0.6 is 103 Å². The van der Waals surface area contributed by atoms with Crippen molar-refractivity contribution in [2.45, 2.75) is 135 Å². The molecule has 0 spiro atoms. The second kappa shape index (κ2) is 22.6. The summed E-state index contributed by atoms with van der Waals surface area (Å²) >= 11 is 25.7. The summed E-state index contributed by atoms with van der Waals surface area (Å²) in [6.07, 6.45) is 13.2. The molecule has 6 aliphatic carbocycles. The van der Waals surface area contributed by atoms with Gasteiger partial charge in [0.15, 0.2) is 0 Å². The highest BCUT2D eigenvalue weighted by molar-refractivity contribution is 14.1. The number of fused-ring (bicyclic) bond motifs is 3. The number of rotatable bonds is 9. The summed E-state index contributed by atoms with van der Waals surface area (Å²) in [4.78, 5) is 75.4. The number of hydrogen-bond donors (Lipinski definition) is 0. The minimum Gasteiger partial charge on any atom is -0.300 e. The fourth-order valence-electron chi connectivity index (χ4n) is 11.1. The Hall–Kier alpha value is -3.63. The van der Waals surface area contributed by atoms with E-state index in [1.807, 2.05) is 36.4 Å². The Bertz CT molecular complexity index is 3000. The monoisotopic (exact) mass is 1400 g/mol. The number of carbonyl (C=O) groups excluding carboxylic acids is 6. The molecule has 0 aliphatic heterocycles. The number of carbonyl (C=O) groups is 6. The average molecular weight is 1410 g/mol. The van der Waals surface area contributed by atoms with Gasteiger partial charge in [0.2, 0.25) is 0 Å². The van der Waals surface area contributed by atoms with Gasteiger partial charge in [-0.15, -0.1) is 0 Å². The number of Topliss-reactive ketones (excluding diaryl/α,β-unsaturated/α-hetero) is 3. The van der Waals surface area contributed by atoms with Gasteiger partial charge in [-0.05, 0) is 237 Å². The van der Waals surface area contributed by atoms with Crippen LogP contribution in [0.5, 0.6) is 0 Å². The number of nitrogens with zero attached hydrogens (tertiary/aromatic N) is 6. The van der Waals surface area contributed by atoms with Crippen LogP contribution in [0.1, 0.15) is 178 Å². The molecule has 3 aromatic carbocycles. The van der Waals surface area contributed by atoms with E-state index in [2.05, 4.69) is 83.1 Å². The van der Waals surface area contributed by atoms with Crippen LogP contribution in [0.2, 0.25) is 15.1 Å². The van der Waals surface area contributed by atoms with Crippen LogP contribution in [-0.2, 0) is 52.9 Å². The summed E-state index contributed by atoms with van der Waals surface area (Å²) in [6.45, 7) is 4.88. The van der Waals surface area contributed by atoms with Gasteiger partial charge in [0, 0.05) is 34.4 Å². The van der Waals surface area contributed by atoms with Crippen molar-refractivity contribution >= 4 is 138 Å². The first-order valence-corrected chi connectivity index (χ1v) is 30.1. The Balaban J connectivity index is 0.000000128. The van der Waals surface area contributed by atoms with Gasteiger partial charge in [-0.25, -0.2) is 0 Å². The summed E-state index contributed by atoms with van der Waals surface area (Å²) < 4.78 is 7.05. The molecule has 0 N–H and O–H groups in total. The van der Waals surface area contributed by atoms with E-state index in [-0.39, 0.29) is 52.8 Å². The van der Waals surface area contributed by atoms with E-state index in [0.29, 0.717) is 68.8 Å². The second-order valence-corrected chi connectivity index (χ2v) is 25.2. The van der Waals surface area contributed by atoms with Gasteiger partial charge in [-0.3, -0.25) is 28.8 Å². The summed E-state index contributed by atoms with van der Waals surface area (Å²) in [5, 5.41) is 15.0. The fourth-order valence-corrected chi connectivity index (χ4v) is 14.2. The SMILES string of the molecule is CC(=O)C1CCc2c(I)nn(C(=O)c3c(Cl)cccc3C3CC3)c2C1.CC(=O)[C@@H]1CCc2c(I)nn(C(=O)c3c(Cl)cccc3C3CC3)c2C1.CC(=O)[C@H]1CCc2c(I)nn(C(=O)c3c(Cl)cccc3C3CC3)c2C1. The van der Waals surface area contributed by atoms with E-state index < -0.39 is 0 Å². The molecule has 3 atom stereocenters. The number of hydrogen-bond acceptors (Lipinski definition) is 9. The molecule has 3 heterocycles. The molecule has 390 valence electrons. The molecule has 0 radical (unpaired) electrons. The summed E-state index contributed by atoms with van der Waals surface area (Å²) in [5.74, 6) is 1.21. The highest BCUT2D eigenvalue weighted by Gasteiger charge is 2.38. The fraction of sp³-hybridized carbons (Fsp3) is 0.421. The van der Waals surface area contributed by atoms with Crippen molar-refractivity contribution in [2.75, 3.05) is 0 Å². The first-order valence-electron chi connectivity index (χ1n) is 25.7. The zero-order valence-electron chi connectivity index (χ0n) is 41.7. The van der Waals surface area contributed by atoms with E-state index in [4.69, 9.17) is 34.8 Å². The molecule has 0 amide bonds. The van der Waals surface area contributed by atoms with Crippen molar-refractivity contribution in [1.29, 1.82) is 0 Å². The molecule has 0 bridgehead atoms. The quantitative estimate of drug-likeness (QED) is 0.129. The van der Waals surface area contributed by atoms with Crippen molar-refractivity contribution < 1.29 is 28.8 Å². The van der Waals surface area contributed by atoms with Crippen LogP contribution in [0.3, 0.4) is 0 Å². The third-order valence-corrected chi connectivity index (χ3v) is 19.3. The molecule has 18 heteroatoms. The maximum absolute atomic E-state index is 13.3. The zero-order valence-corrected chi connectivity index (χ0v) is 50.4. The Morgan fingerprint density at radius 3 is 0.907 bits per heavy atom. The predicted octanol–water partition coefficient (Wildman–Crippen LogP) is 13.2. The van der Waals surface area contributed by atoms with Gasteiger partial charge in [0.25, 0.3) is 17.7 Å². The van der Waals surface area contributed by atoms with E-state index >= 15 is 0 Å². The lowest BCUT2D eigenvalue weighted by molar-refractivity contribution is -0.121. The summed E-state index contributed by atoms with van der Waals surface area (Å²) in [7, 11) is 0. The van der Waals surface area contributed by atoms with Crippen LogP contribution < -0.4 is 0 Å². The molecular weight excluding hydrogens is 1350 g/mol. The normalized spacial score (nSPS) is 19.6. The first-order chi connectivity index (χ1) is 35.9. The number of aromatic nitrogens is 6. The largest absolute Gasteiger partial charge is 0.300 e. The number of benzene rings is 3. The van der Waals surface area contributed by atoms with Crippen LogP contribution in [0, 0.1) is 28.9 Å². The van der Waals surface area contributed by atoms with Gasteiger partial charge in [-0.1, -0.05) is 71.2 Å². The number of ketones is 3. The van der Waals surface area contributed by atoms with Gasteiger partial charge < -0.3 is 0 Å². The van der Waals surface area contributed by atoms with Crippen LogP contribution in [0.25, 0.3) is 0 Å². The summed E-state index contributed by atoms with van der Waals surface area (Å²) in [5.41, 5.74) is 10.7. The van der Waals surface area contributed by atoms with Gasteiger partial charge in [-0.2, -0.15) is 29.3 Å². The van der Waals surface area contributed by atoms with E-state index in [1.165, 1.54) is 14.0 Å². The average Bonchev–Trinajstić information content (AvgIpc) is 4.30. The van der Waals surface area contributed by atoms with E-state index in [1.54, 1.807) is 39.0 Å².